The number of benzene rings is 1. The molecule has 37 heavy (non-hydrogen) atoms. The zero-order chi connectivity index (χ0) is 26.6. The Morgan fingerprint density at radius 2 is 1.84 bits per heavy atom. The first kappa shape index (κ1) is 27.6. The minimum atomic E-state index is -0.423. The van der Waals surface area contributed by atoms with Crippen LogP contribution in [0.4, 0.5) is 0 Å². The van der Waals surface area contributed by atoms with Gasteiger partial charge in [-0.25, -0.2) is 0 Å². The van der Waals surface area contributed by atoms with Crippen molar-refractivity contribution in [2.75, 3.05) is 26.2 Å². The molecule has 2 fully saturated rings. The molecule has 1 saturated heterocycles. The number of fused-ring (bicyclic) bond motifs is 1. The number of rotatable bonds is 7. The second kappa shape index (κ2) is 11.6. The maximum atomic E-state index is 13.5. The van der Waals surface area contributed by atoms with Crippen LogP contribution in [0.2, 0.25) is 5.02 Å². The van der Waals surface area contributed by atoms with Crippen LogP contribution in [0.5, 0.6) is 0 Å². The van der Waals surface area contributed by atoms with E-state index in [1.807, 2.05) is 0 Å². The second-order valence-electron chi connectivity index (χ2n) is 11.7. The largest absolute Gasteiger partial charge is 0.449 e. The number of carbonyl (C=O) groups excluding carboxylic acids is 2. The summed E-state index contributed by atoms with van der Waals surface area (Å²) in [4.78, 5) is 40.9. The number of para-hydroxylation sites is 1. The van der Waals surface area contributed by atoms with E-state index in [0.29, 0.717) is 22.9 Å². The molecule has 1 saturated carbocycles. The average molecular weight is 530 g/mol. The van der Waals surface area contributed by atoms with Crippen molar-refractivity contribution >= 4 is 34.4 Å². The van der Waals surface area contributed by atoms with Crippen molar-refractivity contribution in [3.8, 4) is 0 Å². The van der Waals surface area contributed by atoms with Gasteiger partial charge in [0.2, 0.25) is 5.91 Å². The van der Waals surface area contributed by atoms with E-state index in [9.17, 15) is 14.4 Å². The van der Waals surface area contributed by atoms with Gasteiger partial charge in [-0.1, -0.05) is 36.9 Å². The third-order valence-electron chi connectivity index (χ3n) is 7.94. The highest BCUT2D eigenvalue weighted by Crippen LogP contribution is 2.46. The number of hydrogen-bond acceptors (Lipinski definition) is 5. The lowest BCUT2D eigenvalue weighted by Gasteiger charge is -2.47. The third-order valence-corrected chi connectivity index (χ3v) is 8.24. The molecule has 0 bridgehead atoms. The van der Waals surface area contributed by atoms with E-state index in [2.05, 4.69) is 36.3 Å². The number of carbonyl (C=O) groups is 2. The van der Waals surface area contributed by atoms with Gasteiger partial charge in [-0.15, -0.1) is 0 Å². The number of halogens is 1. The monoisotopic (exact) mass is 529 g/mol. The van der Waals surface area contributed by atoms with Crippen molar-refractivity contribution in [3.05, 3.63) is 45.3 Å². The molecular weight excluding hydrogens is 490 g/mol. The van der Waals surface area contributed by atoms with Gasteiger partial charge in [0.15, 0.2) is 16.8 Å². The van der Waals surface area contributed by atoms with E-state index in [1.54, 1.807) is 18.2 Å². The molecule has 2 N–H and O–H groups in total. The summed E-state index contributed by atoms with van der Waals surface area (Å²) in [5.41, 5.74) is -0.567. The van der Waals surface area contributed by atoms with Crippen LogP contribution in [-0.2, 0) is 4.79 Å². The van der Waals surface area contributed by atoms with Gasteiger partial charge in [0.25, 0.3) is 5.91 Å². The molecule has 202 valence electrons. The lowest BCUT2D eigenvalue weighted by molar-refractivity contribution is -0.141. The van der Waals surface area contributed by atoms with E-state index in [0.717, 1.165) is 51.7 Å². The minimum Gasteiger partial charge on any atom is -0.449 e. The van der Waals surface area contributed by atoms with Gasteiger partial charge in [-0.05, 0) is 90.6 Å². The van der Waals surface area contributed by atoms with E-state index in [1.165, 1.54) is 25.3 Å². The molecule has 0 atom stereocenters. The van der Waals surface area contributed by atoms with E-state index in [-0.39, 0.29) is 33.6 Å². The molecule has 1 aromatic heterocycles. The van der Waals surface area contributed by atoms with Gasteiger partial charge < -0.3 is 20.0 Å². The predicted octanol–water partition coefficient (Wildman–Crippen LogP) is 5.14. The van der Waals surface area contributed by atoms with Crippen molar-refractivity contribution in [3.63, 3.8) is 0 Å². The van der Waals surface area contributed by atoms with Gasteiger partial charge in [-0.3, -0.25) is 14.4 Å². The molecule has 1 aromatic carbocycles. The van der Waals surface area contributed by atoms with E-state index in [4.69, 9.17) is 16.0 Å². The third kappa shape index (κ3) is 6.55. The maximum Gasteiger partial charge on any atom is 0.287 e. The van der Waals surface area contributed by atoms with Crippen LogP contribution in [-0.4, -0.2) is 48.4 Å². The second-order valence-corrected chi connectivity index (χ2v) is 12.1. The van der Waals surface area contributed by atoms with Crippen LogP contribution in [0.25, 0.3) is 11.0 Å². The topological polar surface area (TPSA) is 91.7 Å². The summed E-state index contributed by atoms with van der Waals surface area (Å²) in [6, 6.07) is 6.15. The van der Waals surface area contributed by atoms with Crippen molar-refractivity contribution in [1.29, 1.82) is 0 Å². The quantitative estimate of drug-likeness (QED) is 0.484. The molecule has 1 aliphatic carbocycles. The SMILES string of the molecule is CC(C)(C)NC(=O)C1(C2CCCCC2)CCN(CCCNC(=O)c2cc(=O)c3cccc(Cl)c3o2)CC1. The summed E-state index contributed by atoms with van der Waals surface area (Å²) in [7, 11) is 0. The molecule has 0 radical (unpaired) electrons. The molecule has 0 unspecified atom stereocenters. The van der Waals surface area contributed by atoms with Gasteiger partial charge in [0, 0.05) is 18.2 Å². The Balaban J connectivity index is 1.30. The highest BCUT2D eigenvalue weighted by Gasteiger charge is 2.48. The fourth-order valence-corrected chi connectivity index (χ4v) is 6.18. The van der Waals surface area contributed by atoms with Crippen molar-refractivity contribution in [2.24, 2.45) is 11.3 Å². The van der Waals surface area contributed by atoms with Gasteiger partial charge in [-0.2, -0.15) is 0 Å². The summed E-state index contributed by atoms with van der Waals surface area (Å²) < 4.78 is 5.63. The summed E-state index contributed by atoms with van der Waals surface area (Å²) in [5.74, 6) is 0.240. The predicted molar refractivity (Wildman–Crippen MR) is 147 cm³/mol. The lowest BCUT2D eigenvalue weighted by atomic mass is 9.63. The van der Waals surface area contributed by atoms with Crippen molar-refractivity contribution < 1.29 is 14.0 Å². The first-order chi connectivity index (χ1) is 17.6. The van der Waals surface area contributed by atoms with Crippen molar-refractivity contribution in [1.82, 2.24) is 15.5 Å². The Hall–Kier alpha value is -2.38. The number of amides is 2. The summed E-state index contributed by atoms with van der Waals surface area (Å²) >= 11 is 6.14. The van der Waals surface area contributed by atoms with Gasteiger partial charge in [0.05, 0.1) is 15.8 Å². The van der Waals surface area contributed by atoms with Crippen LogP contribution in [0.15, 0.2) is 33.5 Å². The highest BCUT2D eigenvalue weighted by atomic mass is 35.5. The van der Waals surface area contributed by atoms with E-state index < -0.39 is 5.91 Å². The number of hydrogen-bond donors (Lipinski definition) is 2. The fourth-order valence-electron chi connectivity index (χ4n) is 5.96. The van der Waals surface area contributed by atoms with Gasteiger partial charge in [0.1, 0.15) is 0 Å². The molecule has 7 nitrogen and oxygen atoms in total. The first-order valence-electron chi connectivity index (χ1n) is 13.6. The van der Waals surface area contributed by atoms with Crippen LogP contribution in [0, 0.1) is 11.3 Å². The normalized spacial score (nSPS) is 19.0. The molecule has 2 amide bonds. The molecular formula is C29H40ClN3O4. The molecule has 2 heterocycles. The zero-order valence-corrected chi connectivity index (χ0v) is 23.1. The number of likely N-dealkylation sites (tertiary alicyclic amines) is 1. The summed E-state index contributed by atoms with van der Waals surface area (Å²) in [5, 5.41) is 6.81. The smallest absolute Gasteiger partial charge is 0.287 e. The average Bonchev–Trinajstić information content (AvgIpc) is 2.87. The van der Waals surface area contributed by atoms with Crippen LogP contribution >= 0.6 is 11.6 Å². The molecule has 2 aromatic rings. The number of piperidine rings is 1. The Kier molecular flexibility index (Phi) is 8.64. The zero-order valence-electron chi connectivity index (χ0n) is 22.3. The van der Waals surface area contributed by atoms with Gasteiger partial charge >= 0.3 is 0 Å². The lowest BCUT2D eigenvalue weighted by Crippen LogP contribution is -2.56. The first-order valence-corrected chi connectivity index (χ1v) is 14.0. The van der Waals surface area contributed by atoms with Crippen LogP contribution < -0.4 is 16.1 Å². The standard InChI is InChI=1S/C29H40ClN3O4/c1-28(2,3)32-27(36)29(20-9-5-4-6-10-20)13-17-33(18-14-29)16-8-15-31-26(35)24-19-23(34)21-11-7-12-22(30)25(21)37-24/h7,11-12,19-20H,4-6,8-10,13-18H2,1-3H3,(H,31,35)(H,32,36). The van der Waals surface area contributed by atoms with Crippen LogP contribution in [0.1, 0.15) is 82.7 Å². The summed E-state index contributed by atoms with van der Waals surface area (Å²) in [6.07, 6.45) is 8.57. The Morgan fingerprint density at radius 3 is 2.51 bits per heavy atom. The summed E-state index contributed by atoms with van der Waals surface area (Å²) in [6.45, 7) is 9.26. The van der Waals surface area contributed by atoms with E-state index >= 15 is 0 Å². The van der Waals surface area contributed by atoms with Crippen molar-refractivity contribution in [2.45, 2.75) is 77.7 Å². The molecule has 0 spiro atoms. The number of nitrogens with zero attached hydrogens (tertiary/aromatic N) is 1. The fraction of sp³-hybridized carbons (Fsp3) is 0.621. The molecule has 4 rings (SSSR count). The Morgan fingerprint density at radius 1 is 1.14 bits per heavy atom. The molecule has 2 aliphatic rings. The molecule has 8 heteroatoms. The Labute approximate surface area is 224 Å². The minimum absolute atomic E-state index is 0.0364. The molecule has 1 aliphatic heterocycles. The Bertz CT molecular complexity index is 1170. The number of nitrogens with one attached hydrogen (secondary N) is 2. The highest BCUT2D eigenvalue weighted by molar-refractivity contribution is 6.34. The maximum absolute atomic E-state index is 13.5. The van der Waals surface area contributed by atoms with Crippen LogP contribution in [0.3, 0.4) is 0 Å².